The molecule has 0 heterocycles. The van der Waals surface area contributed by atoms with Gasteiger partial charge < -0.3 is 20.6 Å². The first kappa shape index (κ1) is 11.7. The summed E-state index contributed by atoms with van der Waals surface area (Å²) in [6.45, 7) is 0. The fraction of sp³-hybridized carbons (Fsp3) is 0.182. The van der Waals surface area contributed by atoms with Crippen LogP contribution in [0.5, 0.6) is 11.5 Å². The van der Waals surface area contributed by atoms with Gasteiger partial charge in [-0.1, -0.05) is 12.5 Å². The first-order chi connectivity index (χ1) is 7.54. The largest absolute Gasteiger partial charge is 0.504 e. The SMILES string of the molecule is C#CN[C@@H](Cc1ccc(O)c(O)c1)C(=O)O. The Morgan fingerprint density at radius 3 is 2.62 bits per heavy atom. The van der Waals surface area contributed by atoms with Gasteiger partial charge in [-0.15, -0.1) is 0 Å². The molecule has 0 radical (unpaired) electrons. The molecule has 1 rings (SSSR count). The number of phenols is 2. The summed E-state index contributed by atoms with van der Waals surface area (Å²) in [5, 5.41) is 29.5. The quantitative estimate of drug-likeness (QED) is 0.333. The van der Waals surface area contributed by atoms with E-state index in [0.717, 1.165) is 0 Å². The maximum absolute atomic E-state index is 10.8. The van der Waals surface area contributed by atoms with E-state index in [0.29, 0.717) is 5.56 Å². The molecule has 16 heavy (non-hydrogen) atoms. The van der Waals surface area contributed by atoms with Crippen molar-refractivity contribution in [2.45, 2.75) is 12.5 Å². The summed E-state index contributed by atoms with van der Waals surface area (Å²) in [4.78, 5) is 10.8. The van der Waals surface area contributed by atoms with Gasteiger partial charge in [0.2, 0.25) is 0 Å². The van der Waals surface area contributed by atoms with Crippen molar-refractivity contribution in [3.63, 3.8) is 0 Å². The van der Waals surface area contributed by atoms with Crippen LogP contribution in [0, 0.1) is 12.5 Å². The van der Waals surface area contributed by atoms with Gasteiger partial charge in [-0.25, -0.2) is 4.79 Å². The highest BCUT2D eigenvalue weighted by Crippen LogP contribution is 2.25. The minimum atomic E-state index is -1.08. The Morgan fingerprint density at radius 2 is 2.12 bits per heavy atom. The number of aromatic hydroxyl groups is 2. The predicted octanol–water partition coefficient (Wildman–Crippen LogP) is 0.274. The minimum absolute atomic E-state index is 0.118. The molecule has 0 fully saturated rings. The molecular weight excluding hydrogens is 210 g/mol. The number of carbonyl (C=O) groups is 1. The average Bonchev–Trinajstić information content (AvgIpc) is 2.22. The molecule has 0 spiro atoms. The third-order valence-corrected chi connectivity index (χ3v) is 2.04. The highest BCUT2D eigenvalue weighted by molar-refractivity contribution is 5.74. The number of carboxylic acids is 1. The molecule has 0 aliphatic carbocycles. The lowest BCUT2D eigenvalue weighted by molar-refractivity contribution is -0.139. The second-order valence-corrected chi connectivity index (χ2v) is 3.21. The number of carboxylic acid groups (broad SMARTS) is 1. The van der Waals surface area contributed by atoms with E-state index in [1.807, 2.05) is 0 Å². The molecule has 0 amide bonds. The van der Waals surface area contributed by atoms with Crippen LogP contribution in [0.3, 0.4) is 0 Å². The Labute approximate surface area is 92.3 Å². The Kier molecular flexibility index (Phi) is 3.62. The second kappa shape index (κ2) is 4.94. The molecule has 1 aromatic carbocycles. The smallest absolute Gasteiger partial charge is 0.327 e. The van der Waals surface area contributed by atoms with Crippen molar-refractivity contribution < 1.29 is 20.1 Å². The van der Waals surface area contributed by atoms with Crippen LogP contribution in [-0.4, -0.2) is 27.3 Å². The molecule has 0 aliphatic rings. The summed E-state index contributed by atoms with van der Waals surface area (Å²) in [5.74, 6) is -1.62. The topological polar surface area (TPSA) is 89.8 Å². The van der Waals surface area contributed by atoms with Crippen molar-refractivity contribution >= 4 is 5.97 Å². The van der Waals surface area contributed by atoms with E-state index in [-0.39, 0.29) is 17.9 Å². The zero-order chi connectivity index (χ0) is 12.1. The van der Waals surface area contributed by atoms with Crippen molar-refractivity contribution in [3.8, 4) is 24.0 Å². The average molecular weight is 221 g/mol. The molecular formula is C11H11NO4. The first-order valence-corrected chi connectivity index (χ1v) is 4.49. The molecule has 0 saturated heterocycles. The third kappa shape index (κ3) is 2.82. The summed E-state index contributed by atoms with van der Waals surface area (Å²) >= 11 is 0. The van der Waals surface area contributed by atoms with Gasteiger partial charge in [-0.2, -0.15) is 0 Å². The summed E-state index contributed by atoms with van der Waals surface area (Å²) < 4.78 is 0. The Hall–Kier alpha value is -2.35. The van der Waals surface area contributed by atoms with Crippen LogP contribution < -0.4 is 5.32 Å². The standard InChI is InChI=1S/C11H11NO4/c1-2-12-8(11(15)16)5-7-3-4-9(13)10(14)6-7/h1,3-4,6,8,12-14H,5H2,(H,15,16)/t8-/m0/s1. The monoisotopic (exact) mass is 221 g/mol. The van der Waals surface area contributed by atoms with E-state index >= 15 is 0 Å². The second-order valence-electron chi connectivity index (χ2n) is 3.21. The van der Waals surface area contributed by atoms with Crippen LogP contribution in [0.1, 0.15) is 5.56 Å². The van der Waals surface area contributed by atoms with Crippen molar-refractivity contribution in [3.05, 3.63) is 23.8 Å². The van der Waals surface area contributed by atoms with E-state index in [2.05, 4.69) is 11.4 Å². The molecule has 5 nitrogen and oxygen atoms in total. The predicted molar refractivity (Wildman–Crippen MR) is 56.9 cm³/mol. The maximum atomic E-state index is 10.8. The number of terminal acetylenes is 1. The van der Waals surface area contributed by atoms with Crippen LogP contribution in [0.2, 0.25) is 0 Å². The molecule has 0 unspecified atom stereocenters. The fourth-order valence-corrected chi connectivity index (χ4v) is 1.23. The van der Waals surface area contributed by atoms with Crippen LogP contribution in [0.4, 0.5) is 0 Å². The molecule has 4 N–H and O–H groups in total. The van der Waals surface area contributed by atoms with Crippen LogP contribution in [-0.2, 0) is 11.2 Å². The molecule has 0 aromatic heterocycles. The fourth-order valence-electron chi connectivity index (χ4n) is 1.23. The molecule has 5 heteroatoms. The zero-order valence-electron chi connectivity index (χ0n) is 8.34. The highest BCUT2D eigenvalue weighted by Gasteiger charge is 2.16. The van der Waals surface area contributed by atoms with Crippen molar-refractivity contribution in [1.82, 2.24) is 5.32 Å². The molecule has 0 aliphatic heterocycles. The van der Waals surface area contributed by atoms with Gasteiger partial charge in [-0.05, 0) is 17.7 Å². The van der Waals surface area contributed by atoms with Crippen molar-refractivity contribution in [2.75, 3.05) is 0 Å². The molecule has 1 aromatic rings. The van der Waals surface area contributed by atoms with Gasteiger partial charge in [0.05, 0.1) is 0 Å². The summed E-state index contributed by atoms with van der Waals surface area (Å²) in [5.41, 5.74) is 0.561. The number of rotatable bonds is 4. The zero-order valence-corrected chi connectivity index (χ0v) is 8.34. The summed E-state index contributed by atoms with van der Waals surface area (Å²) in [6.07, 6.45) is 5.08. The maximum Gasteiger partial charge on any atom is 0.327 e. The van der Waals surface area contributed by atoms with Gasteiger partial charge in [-0.3, -0.25) is 0 Å². The number of hydrogen-bond acceptors (Lipinski definition) is 4. The van der Waals surface area contributed by atoms with E-state index in [9.17, 15) is 9.90 Å². The minimum Gasteiger partial charge on any atom is -0.504 e. The number of benzene rings is 1. The number of aliphatic carboxylic acids is 1. The highest BCUT2D eigenvalue weighted by atomic mass is 16.4. The van der Waals surface area contributed by atoms with Crippen LogP contribution in [0.15, 0.2) is 18.2 Å². The Bertz CT molecular complexity index is 436. The molecule has 1 atom stereocenters. The van der Waals surface area contributed by atoms with Crippen LogP contribution >= 0.6 is 0 Å². The first-order valence-electron chi connectivity index (χ1n) is 4.49. The molecule has 0 saturated carbocycles. The van der Waals surface area contributed by atoms with E-state index < -0.39 is 12.0 Å². The van der Waals surface area contributed by atoms with Crippen LogP contribution in [0.25, 0.3) is 0 Å². The number of hydrogen-bond donors (Lipinski definition) is 4. The summed E-state index contributed by atoms with van der Waals surface area (Å²) in [7, 11) is 0. The van der Waals surface area contributed by atoms with Gasteiger partial charge in [0.1, 0.15) is 6.04 Å². The lowest BCUT2D eigenvalue weighted by Crippen LogP contribution is -2.35. The number of phenolic OH excluding ortho intramolecular Hbond substituents is 2. The van der Waals surface area contributed by atoms with Crippen molar-refractivity contribution in [2.24, 2.45) is 0 Å². The van der Waals surface area contributed by atoms with E-state index in [4.69, 9.17) is 16.6 Å². The lowest BCUT2D eigenvalue weighted by atomic mass is 10.1. The lowest BCUT2D eigenvalue weighted by Gasteiger charge is -2.11. The van der Waals surface area contributed by atoms with E-state index in [1.54, 1.807) is 0 Å². The van der Waals surface area contributed by atoms with E-state index in [1.165, 1.54) is 18.2 Å². The number of nitrogens with one attached hydrogen (secondary N) is 1. The van der Waals surface area contributed by atoms with Gasteiger partial charge in [0.15, 0.2) is 11.5 Å². The molecule has 0 bridgehead atoms. The van der Waals surface area contributed by atoms with Gasteiger partial charge >= 0.3 is 5.97 Å². The van der Waals surface area contributed by atoms with Crippen molar-refractivity contribution in [1.29, 1.82) is 0 Å². The Balaban J connectivity index is 2.82. The Morgan fingerprint density at radius 1 is 1.44 bits per heavy atom. The molecule has 84 valence electrons. The third-order valence-electron chi connectivity index (χ3n) is 2.04. The van der Waals surface area contributed by atoms with Gasteiger partial charge in [0.25, 0.3) is 0 Å². The van der Waals surface area contributed by atoms with Gasteiger partial charge in [0, 0.05) is 12.5 Å². The summed E-state index contributed by atoms with van der Waals surface area (Å²) in [6, 6.07) is 5.23. The normalized spacial score (nSPS) is 11.4.